The lowest BCUT2D eigenvalue weighted by molar-refractivity contribution is -0.131. The van der Waals surface area contributed by atoms with Crippen LogP contribution in [0.4, 0.5) is 0 Å². The van der Waals surface area contributed by atoms with Gasteiger partial charge in [0, 0.05) is 24.9 Å². The number of carbonyl (C=O) groups is 1. The van der Waals surface area contributed by atoms with E-state index >= 15 is 0 Å². The number of aliphatic carboxylic acids is 1. The molecule has 7 heteroatoms. The Hall–Kier alpha value is -1.31. The molecule has 1 aromatic rings. The van der Waals surface area contributed by atoms with Crippen LogP contribution in [-0.4, -0.2) is 48.4 Å². The third-order valence-electron chi connectivity index (χ3n) is 3.10. The van der Waals surface area contributed by atoms with Crippen molar-refractivity contribution in [3.8, 4) is 0 Å². The lowest BCUT2D eigenvalue weighted by atomic mass is 10.2. The van der Waals surface area contributed by atoms with Gasteiger partial charge in [-0.3, -0.25) is 0 Å². The topological polar surface area (TPSA) is 74.7 Å². The molecule has 0 aliphatic carbocycles. The van der Waals surface area contributed by atoms with Gasteiger partial charge in [-0.05, 0) is 35.9 Å². The summed E-state index contributed by atoms with van der Waals surface area (Å²) in [5.41, 5.74) is 0.558. The highest BCUT2D eigenvalue weighted by molar-refractivity contribution is 7.99. The Labute approximate surface area is 128 Å². The van der Waals surface area contributed by atoms with E-state index in [1.54, 1.807) is 30.0 Å². The largest absolute Gasteiger partial charge is 0.478 e. The van der Waals surface area contributed by atoms with E-state index in [1.807, 2.05) is 0 Å². The quantitative estimate of drug-likeness (QED) is 0.855. The van der Waals surface area contributed by atoms with Crippen molar-refractivity contribution in [3.05, 3.63) is 35.9 Å². The highest BCUT2D eigenvalue weighted by Gasteiger charge is 2.25. The van der Waals surface area contributed by atoms with Gasteiger partial charge in [0.1, 0.15) is 0 Å². The molecule has 1 aliphatic rings. The average molecular weight is 327 g/mol. The predicted molar refractivity (Wildman–Crippen MR) is 83.8 cm³/mol. The van der Waals surface area contributed by atoms with Crippen molar-refractivity contribution in [1.29, 1.82) is 0 Å². The number of nitrogens with zero attached hydrogens (tertiary/aromatic N) is 1. The fraction of sp³-hybridized carbons (Fsp3) is 0.357. The minimum atomic E-state index is -3.51. The van der Waals surface area contributed by atoms with Crippen molar-refractivity contribution in [3.63, 3.8) is 0 Å². The Kier molecular flexibility index (Phi) is 5.44. The van der Waals surface area contributed by atoms with Crippen LogP contribution in [-0.2, 0) is 14.8 Å². The van der Waals surface area contributed by atoms with E-state index in [0.29, 0.717) is 18.7 Å². The smallest absolute Gasteiger partial charge is 0.328 e. The number of thioether (sulfide) groups is 1. The first kappa shape index (κ1) is 16.1. The lowest BCUT2D eigenvalue weighted by Crippen LogP contribution is -2.33. The number of carboxylic acid groups (broad SMARTS) is 1. The maximum Gasteiger partial charge on any atom is 0.328 e. The van der Waals surface area contributed by atoms with Gasteiger partial charge in [-0.2, -0.15) is 16.1 Å². The molecule has 0 saturated carbocycles. The molecule has 21 heavy (non-hydrogen) atoms. The van der Waals surface area contributed by atoms with Crippen LogP contribution in [0.3, 0.4) is 0 Å². The summed E-state index contributed by atoms with van der Waals surface area (Å²) in [6.45, 7) is 1.05. The molecule has 1 aliphatic heterocycles. The Morgan fingerprint density at radius 2 is 2.10 bits per heavy atom. The maximum absolute atomic E-state index is 12.6. The summed E-state index contributed by atoms with van der Waals surface area (Å²) in [6, 6.07) is 6.36. The molecule has 0 spiro atoms. The average Bonchev–Trinajstić information content (AvgIpc) is 2.75. The molecule has 0 aromatic heterocycles. The zero-order valence-electron chi connectivity index (χ0n) is 11.4. The molecule has 114 valence electrons. The summed E-state index contributed by atoms with van der Waals surface area (Å²) in [6.07, 6.45) is 3.23. The van der Waals surface area contributed by atoms with E-state index < -0.39 is 16.0 Å². The van der Waals surface area contributed by atoms with Crippen molar-refractivity contribution in [2.75, 3.05) is 24.6 Å². The number of rotatable bonds is 4. The Bertz CT molecular complexity index is 632. The van der Waals surface area contributed by atoms with E-state index in [4.69, 9.17) is 5.11 Å². The minimum Gasteiger partial charge on any atom is -0.478 e. The van der Waals surface area contributed by atoms with E-state index in [-0.39, 0.29) is 4.90 Å². The SMILES string of the molecule is O=C(O)C=Cc1cccc(S(=O)(=O)N2CCCSCC2)c1. The lowest BCUT2D eigenvalue weighted by Gasteiger charge is -2.19. The normalized spacial score (nSPS) is 17.7. The van der Waals surface area contributed by atoms with Crippen LogP contribution in [0.15, 0.2) is 35.2 Å². The molecular formula is C14H17NO4S2. The molecule has 5 nitrogen and oxygen atoms in total. The Balaban J connectivity index is 2.27. The van der Waals surface area contributed by atoms with Crippen LogP contribution in [0.1, 0.15) is 12.0 Å². The highest BCUT2D eigenvalue weighted by atomic mass is 32.2. The minimum absolute atomic E-state index is 0.210. The monoisotopic (exact) mass is 327 g/mol. The molecular weight excluding hydrogens is 310 g/mol. The Morgan fingerprint density at radius 1 is 1.29 bits per heavy atom. The first-order valence-electron chi connectivity index (χ1n) is 6.59. The number of benzene rings is 1. The molecule has 1 saturated heterocycles. The second kappa shape index (κ2) is 7.11. The van der Waals surface area contributed by atoms with Crippen LogP contribution < -0.4 is 0 Å². The van der Waals surface area contributed by atoms with E-state index in [1.165, 1.54) is 16.4 Å². The molecule has 0 radical (unpaired) electrons. The number of sulfonamides is 1. The van der Waals surface area contributed by atoms with E-state index in [2.05, 4.69) is 0 Å². The zero-order chi connectivity index (χ0) is 15.3. The molecule has 0 bridgehead atoms. The summed E-state index contributed by atoms with van der Waals surface area (Å²) in [5.74, 6) is 0.721. The number of carboxylic acids is 1. The van der Waals surface area contributed by atoms with Gasteiger partial charge in [0.15, 0.2) is 0 Å². The van der Waals surface area contributed by atoms with Crippen molar-refractivity contribution < 1.29 is 18.3 Å². The molecule has 1 N–H and O–H groups in total. The number of hydrogen-bond acceptors (Lipinski definition) is 4. The predicted octanol–water partition coefficient (Wildman–Crippen LogP) is 1.91. The maximum atomic E-state index is 12.6. The van der Waals surface area contributed by atoms with Crippen LogP contribution in [0.2, 0.25) is 0 Å². The second-order valence-electron chi connectivity index (χ2n) is 4.61. The van der Waals surface area contributed by atoms with Gasteiger partial charge in [-0.25, -0.2) is 13.2 Å². The summed E-state index contributed by atoms with van der Waals surface area (Å²) in [5, 5.41) is 8.62. The van der Waals surface area contributed by atoms with Crippen LogP contribution in [0, 0.1) is 0 Å². The highest BCUT2D eigenvalue weighted by Crippen LogP contribution is 2.21. The van der Waals surface area contributed by atoms with Crippen LogP contribution >= 0.6 is 11.8 Å². The van der Waals surface area contributed by atoms with Gasteiger partial charge < -0.3 is 5.11 Å². The van der Waals surface area contributed by atoms with Crippen molar-refractivity contribution >= 4 is 33.8 Å². The first-order chi connectivity index (χ1) is 10.00. The van der Waals surface area contributed by atoms with Crippen molar-refractivity contribution in [2.24, 2.45) is 0 Å². The standard InChI is InChI=1S/C14H17NO4S2/c16-14(17)6-5-12-3-1-4-13(11-12)21(18,19)15-7-2-9-20-10-8-15/h1,3-6,11H,2,7-10H2,(H,16,17). The second-order valence-corrected chi connectivity index (χ2v) is 7.78. The van der Waals surface area contributed by atoms with E-state index in [0.717, 1.165) is 24.0 Å². The molecule has 1 fully saturated rings. The van der Waals surface area contributed by atoms with Crippen molar-refractivity contribution in [1.82, 2.24) is 4.31 Å². The molecule has 0 atom stereocenters. The van der Waals surface area contributed by atoms with Gasteiger partial charge >= 0.3 is 5.97 Å². The summed E-state index contributed by atoms with van der Waals surface area (Å²) >= 11 is 1.76. The third-order valence-corrected chi connectivity index (χ3v) is 6.04. The molecule has 0 unspecified atom stereocenters. The molecule has 0 amide bonds. The van der Waals surface area contributed by atoms with Crippen LogP contribution in [0.25, 0.3) is 6.08 Å². The summed E-state index contributed by atoms with van der Waals surface area (Å²) in [7, 11) is -3.51. The molecule has 1 aromatic carbocycles. The van der Waals surface area contributed by atoms with Gasteiger partial charge in [0.25, 0.3) is 0 Å². The van der Waals surface area contributed by atoms with Crippen molar-refractivity contribution in [2.45, 2.75) is 11.3 Å². The Morgan fingerprint density at radius 3 is 2.86 bits per heavy atom. The zero-order valence-corrected chi connectivity index (χ0v) is 13.1. The molecule has 1 heterocycles. The first-order valence-corrected chi connectivity index (χ1v) is 9.18. The van der Waals surface area contributed by atoms with Crippen LogP contribution in [0.5, 0.6) is 0 Å². The van der Waals surface area contributed by atoms with Gasteiger partial charge in [0.2, 0.25) is 10.0 Å². The van der Waals surface area contributed by atoms with Gasteiger partial charge in [-0.1, -0.05) is 12.1 Å². The van der Waals surface area contributed by atoms with E-state index in [9.17, 15) is 13.2 Å². The number of hydrogen-bond donors (Lipinski definition) is 1. The summed E-state index contributed by atoms with van der Waals surface area (Å²) in [4.78, 5) is 10.7. The fourth-order valence-corrected chi connectivity index (χ4v) is 4.60. The third kappa shape index (κ3) is 4.33. The van der Waals surface area contributed by atoms with Gasteiger partial charge in [-0.15, -0.1) is 0 Å². The molecule has 2 rings (SSSR count). The van der Waals surface area contributed by atoms with Gasteiger partial charge in [0.05, 0.1) is 4.90 Å². The summed E-state index contributed by atoms with van der Waals surface area (Å²) < 4.78 is 26.7. The fourth-order valence-electron chi connectivity index (χ4n) is 2.06.